The Morgan fingerprint density at radius 1 is 1.04 bits per heavy atom. The number of ketones is 2. The molecule has 8 atom stereocenters. The number of carbonyl (C=O) groups excluding carboxylic acids is 3. The average molecular weight is 375 g/mol. The minimum atomic E-state index is -0.232. The van der Waals surface area contributed by atoms with Crippen LogP contribution in [0.2, 0.25) is 0 Å². The standard InChI is InChI=1S/C23H34O4/c1-13(24)18-7-8-19-17-6-5-15-11-16(26)9-10-22(15,3)20(17)12-21(23(18,19)4)27-14(2)25/h15,17-21H,5-12H2,1-4H3/t15-,17+,18-,19+,20+,21+,22+,23-/m1/s1. The van der Waals surface area contributed by atoms with Crippen molar-refractivity contribution in [2.45, 2.75) is 85.2 Å². The Labute approximate surface area is 162 Å². The number of ether oxygens (including phenoxy) is 1. The van der Waals surface area contributed by atoms with Gasteiger partial charge in [-0.15, -0.1) is 0 Å². The van der Waals surface area contributed by atoms with E-state index in [-0.39, 0.29) is 34.6 Å². The number of rotatable bonds is 2. The van der Waals surface area contributed by atoms with Crippen molar-refractivity contribution in [2.24, 2.45) is 40.4 Å². The fourth-order valence-corrected chi connectivity index (χ4v) is 8.02. The van der Waals surface area contributed by atoms with Gasteiger partial charge in [0.1, 0.15) is 17.7 Å². The highest BCUT2D eigenvalue weighted by atomic mass is 16.5. The molecule has 0 aromatic rings. The molecule has 0 saturated heterocycles. The van der Waals surface area contributed by atoms with Crippen LogP contribution in [0.1, 0.15) is 79.1 Å². The van der Waals surface area contributed by atoms with E-state index in [1.165, 1.54) is 6.92 Å². The van der Waals surface area contributed by atoms with Gasteiger partial charge in [0.25, 0.3) is 0 Å². The number of fused-ring (bicyclic) bond motifs is 5. The fraction of sp³-hybridized carbons (Fsp3) is 0.870. The van der Waals surface area contributed by atoms with Gasteiger partial charge in [-0.2, -0.15) is 0 Å². The molecule has 0 bridgehead atoms. The van der Waals surface area contributed by atoms with Crippen LogP contribution < -0.4 is 0 Å². The zero-order valence-electron chi connectivity index (χ0n) is 17.3. The number of hydrogen-bond acceptors (Lipinski definition) is 4. The van der Waals surface area contributed by atoms with Crippen LogP contribution >= 0.6 is 0 Å². The van der Waals surface area contributed by atoms with Gasteiger partial charge in [0.05, 0.1) is 0 Å². The normalized spacial score (nSPS) is 49.0. The molecule has 4 fully saturated rings. The third-order valence-corrected chi connectivity index (χ3v) is 9.36. The smallest absolute Gasteiger partial charge is 0.302 e. The molecule has 150 valence electrons. The van der Waals surface area contributed by atoms with E-state index in [0.717, 1.165) is 44.9 Å². The highest BCUT2D eigenvalue weighted by Gasteiger charge is 2.65. The molecule has 0 unspecified atom stereocenters. The summed E-state index contributed by atoms with van der Waals surface area (Å²) in [5, 5.41) is 0. The maximum atomic E-state index is 12.4. The van der Waals surface area contributed by atoms with Crippen molar-refractivity contribution >= 4 is 17.5 Å². The van der Waals surface area contributed by atoms with E-state index in [9.17, 15) is 14.4 Å². The molecule has 4 aliphatic rings. The van der Waals surface area contributed by atoms with Crippen LogP contribution in [0.25, 0.3) is 0 Å². The van der Waals surface area contributed by atoms with E-state index < -0.39 is 0 Å². The van der Waals surface area contributed by atoms with E-state index >= 15 is 0 Å². The van der Waals surface area contributed by atoms with Crippen LogP contribution in [0.5, 0.6) is 0 Å². The lowest BCUT2D eigenvalue weighted by atomic mass is 9.44. The highest BCUT2D eigenvalue weighted by molar-refractivity contribution is 5.80. The first-order chi connectivity index (χ1) is 12.7. The molecule has 4 heteroatoms. The van der Waals surface area contributed by atoms with Crippen molar-refractivity contribution in [3.63, 3.8) is 0 Å². The lowest BCUT2D eigenvalue weighted by molar-refractivity contribution is -0.191. The molecule has 0 radical (unpaired) electrons. The summed E-state index contributed by atoms with van der Waals surface area (Å²) in [6, 6.07) is 0. The lowest BCUT2D eigenvalue weighted by Gasteiger charge is -2.61. The Bertz CT molecular complexity index is 669. The number of hydrogen-bond donors (Lipinski definition) is 0. The van der Waals surface area contributed by atoms with Crippen LogP contribution in [0.4, 0.5) is 0 Å². The monoisotopic (exact) mass is 374 g/mol. The first-order valence-electron chi connectivity index (χ1n) is 10.9. The average Bonchev–Trinajstić information content (AvgIpc) is 2.95. The van der Waals surface area contributed by atoms with E-state index in [0.29, 0.717) is 35.9 Å². The predicted molar refractivity (Wildman–Crippen MR) is 102 cm³/mol. The van der Waals surface area contributed by atoms with Crippen molar-refractivity contribution in [1.29, 1.82) is 0 Å². The summed E-state index contributed by atoms with van der Waals surface area (Å²) in [5.41, 5.74) is -0.0583. The summed E-state index contributed by atoms with van der Waals surface area (Å²) < 4.78 is 5.93. The third kappa shape index (κ3) is 2.73. The van der Waals surface area contributed by atoms with E-state index in [2.05, 4.69) is 13.8 Å². The van der Waals surface area contributed by atoms with E-state index in [1.54, 1.807) is 6.92 Å². The quantitative estimate of drug-likeness (QED) is 0.675. The molecule has 4 saturated carbocycles. The molecule has 0 amide bonds. The van der Waals surface area contributed by atoms with Gasteiger partial charge >= 0.3 is 5.97 Å². The van der Waals surface area contributed by atoms with Crippen molar-refractivity contribution < 1.29 is 19.1 Å². The minimum Gasteiger partial charge on any atom is -0.462 e. The Hall–Kier alpha value is -1.19. The Kier molecular flexibility index (Phi) is 4.55. The second-order valence-electron chi connectivity index (χ2n) is 10.3. The molecular formula is C23H34O4. The molecule has 4 aliphatic carbocycles. The largest absolute Gasteiger partial charge is 0.462 e. The summed E-state index contributed by atoms with van der Waals surface area (Å²) >= 11 is 0. The van der Waals surface area contributed by atoms with E-state index in [1.807, 2.05) is 0 Å². The van der Waals surface area contributed by atoms with E-state index in [4.69, 9.17) is 4.74 Å². The summed E-state index contributed by atoms with van der Waals surface area (Å²) in [6.07, 6.45) is 7.39. The lowest BCUT2D eigenvalue weighted by Crippen LogP contribution is -2.59. The topological polar surface area (TPSA) is 60.4 Å². The van der Waals surface area contributed by atoms with Crippen LogP contribution in [0, 0.1) is 40.4 Å². The van der Waals surface area contributed by atoms with Gasteiger partial charge in [-0.05, 0) is 74.5 Å². The van der Waals surface area contributed by atoms with Crippen molar-refractivity contribution in [3.8, 4) is 0 Å². The summed E-state index contributed by atoms with van der Waals surface area (Å²) in [5.74, 6) is 2.47. The minimum absolute atomic E-state index is 0.00580. The molecule has 0 spiro atoms. The van der Waals surface area contributed by atoms with Crippen LogP contribution in [-0.2, 0) is 19.1 Å². The zero-order valence-corrected chi connectivity index (χ0v) is 17.3. The molecule has 0 aromatic carbocycles. The molecular weight excluding hydrogens is 340 g/mol. The van der Waals surface area contributed by atoms with Gasteiger partial charge < -0.3 is 4.74 Å². The zero-order chi connectivity index (χ0) is 19.6. The number of Topliss-reactive ketones (excluding diaryl/α,β-unsaturated/α-hetero) is 2. The SMILES string of the molecule is CC(=O)O[C@H]1C[C@H]2[C@@H](CC[C@@H]3CC(=O)CC[C@@]32C)[C@@H]2CC[C@H](C(C)=O)[C@@]12C. The second-order valence-corrected chi connectivity index (χ2v) is 10.3. The van der Waals surface area contributed by atoms with Crippen LogP contribution in [0.15, 0.2) is 0 Å². The Balaban J connectivity index is 1.72. The fourth-order valence-electron chi connectivity index (χ4n) is 8.02. The molecule has 27 heavy (non-hydrogen) atoms. The molecule has 4 nitrogen and oxygen atoms in total. The van der Waals surface area contributed by atoms with Gasteiger partial charge in [0.2, 0.25) is 0 Å². The highest BCUT2D eigenvalue weighted by Crippen LogP contribution is 2.67. The second kappa shape index (κ2) is 6.42. The Morgan fingerprint density at radius 2 is 1.78 bits per heavy atom. The van der Waals surface area contributed by atoms with Crippen LogP contribution in [0.3, 0.4) is 0 Å². The maximum absolute atomic E-state index is 12.4. The third-order valence-electron chi connectivity index (χ3n) is 9.36. The molecule has 0 N–H and O–H groups in total. The van der Waals surface area contributed by atoms with Crippen molar-refractivity contribution in [2.75, 3.05) is 0 Å². The number of carbonyl (C=O) groups is 3. The summed E-state index contributed by atoms with van der Waals surface area (Å²) in [6.45, 7) is 7.82. The number of esters is 1. The van der Waals surface area contributed by atoms with Gasteiger partial charge in [0, 0.05) is 31.1 Å². The predicted octanol–water partition coefficient (Wildman–Crippen LogP) is 4.35. The summed E-state index contributed by atoms with van der Waals surface area (Å²) in [4.78, 5) is 36.5. The molecule has 4 rings (SSSR count). The van der Waals surface area contributed by atoms with Crippen LogP contribution in [-0.4, -0.2) is 23.6 Å². The maximum Gasteiger partial charge on any atom is 0.302 e. The van der Waals surface area contributed by atoms with Crippen molar-refractivity contribution in [1.82, 2.24) is 0 Å². The van der Waals surface area contributed by atoms with Gasteiger partial charge in [0.15, 0.2) is 0 Å². The van der Waals surface area contributed by atoms with Gasteiger partial charge in [-0.3, -0.25) is 14.4 Å². The molecule has 0 aromatic heterocycles. The van der Waals surface area contributed by atoms with Crippen molar-refractivity contribution in [3.05, 3.63) is 0 Å². The Morgan fingerprint density at radius 3 is 2.44 bits per heavy atom. The molecule has 0 aliphatic heterocycles. The first kappa shape index (κ1) is 19.1. The summed E-state index contributed by atoms with van der Waals surface area (Å²) in [7, 11) is 0. The molecule has 0 heterocycles. The first-order valence-corrected chi connectivity index (χ1v) is 10.9. The van der Waals surface area contributed by atoms with Gasteiger partial charge in [-0.1, -0.05) is 13.8 Å². The van der Waals surface area contributed by atoms with Gasteiger partial charge in [-0.25, -0.2) is 0 Å².